The molecule has 0 amide bonds. The average Bonchev–Trinajstić information content (AvgIpc) is 3.25. The van der Waals surface area contributed by atoms with E-state index in [1.165, 1.54) is 15.9 Å². The second-order valence-electron chi connectivity index (χ2n) is 9.61. The van der Waals surface area contributed by atoms with Crippen molar-refractivity contribution in [3.05, 3.63) is 101 Å². The summed E-state index contributed by atoms with van der Waals surface area (Å²) in [5.74, 6) is 3.05. The minimum absolute atomic E-state index is 0.0869. The number of fused-ring (bicyclic) bond motifs is 2. The summed E-state index contributed by atoms with van der Waals surface area (Å²) in [6, 6.07) is 16.3. The summed E-state index contributed by atoms with van der Waals surface area (Å²) in [7, 11) is 1.55. The van der Waals surface area contributed by atoms with E-state index in [1.54, 1.807) is 40.0 Å². The largest absolute Gasteiger partial charge is 0.496 e. The zero-order chi connectivity index (χ0) is 29.3. The van der Waals surface area contributed by atoms with Crippen molar-refractivity contribution in [3.63, 3.8) is 0 Å². The lowest BCUT2D eigenvalue weighted by Gasteiger charge is -2.26. The zero-order valence-corrected chi connectivity index (χ0v) is 25.3. The second kappa shape index (κ2) is 11.8. The number of benzene rings is 3. The highest BCUT2D eigenvalue weighted by Crippen LogP contribution is 2.37. The summed E-state index contributed by atoms with van der Waals surface area (Å²) in [6.07, 6.45) is 6.91. The zero-order valence-electron chi connectivity index (χ0n) is 22.9. The van der Waals surface area contributed by atoms with Crippen LogP contribution in [0, 0.1) is 12.3 Å². The molecule has 0 saturated heterocycles. The maximum atomic E-state index is 14.2. The monoisotopic (exact) mass is 630 g/mol. The molecule has 41 heavy (non-hydrogen) atoms. The number of allylic oxidation sites excluding steroid dienone is 1. The van der Waals surface area contributed by atoms with Crippen molar-refractivity contribution in [2.24, 2.45) is 4.99 Å². The normalized spacial score (nSPS) is 15.0. The predicted molar refractivity (Wildman–Crippen MR) is 164 cm³/mol. The molecule has 0 spiro atoms. The van der Waals surface area contributed by atoms with Crippen molar-refractivity contribution < 1.29 is 19.0 Å². The maximum Gasteiger partial charge on any atom is 0.338 e. The number of nitrogens with zero attached hydrogens (tertiary/aromatic N) is 2. The number of halogens is 1. The van der Waals surface area contributed by atoms with Crippen LogP contribution in [0.2, 0.25) is 0 Å². The van der Waals surface area contributed by atoms with Gasteiger partial charge in [0, 0.05) is 15.6 Å². The van der Waals surface area contributed by atoms with Crippen molar-refractivity contribution in [1.29, 1.82) is 0 Å². The Morgan fingerprint density at radius 1 is 1.20 bits per heavy atom. The molecular formula is C32H27BrN2O5S. The van der Waals surface area contributed by atoms with Gasteiger partial charge in [-0.25, -0.2) is 9.79 Å². The molecule has 0 unspecified atom stereocenters. The minimum atomic E-state index is -0.822. The fourth-order valence-corrected chi connectivity index (χ4v) is 6.28. The van der Waals surface area contributed by atoms with Crippen molar-refractivity contribution in [2.45, 2.75) is 32.9 Å². The van der Waals surface area contributed by atoms with E-state index in [0.717, 1.165) is 20.8 Å². The molecule has 1 aromatic heterocycles. The van der Waals surface area contributed by atoms with Crippen LogP contribution in [-0.2, 0) is 9.53 Å². The van der Waals surface area contributed by atoms with Crippen LogP contribution in [0.5, 0.6) is 11.5 Å². The average molecular weight is 632 g/mol. The molecule has 208 valence electrons. The summed E-state index contributed by atoms with van der Waals surface area (Å²) in [4.78, 5) is 32.8. The van der Waals surface area contributed by atoms with Crippen LogP contribution in [0.15, 0.2) is 80.1 Å². The number of carbonyl (C=O) groups excluding carboxylic acids is 1. The summed E-state index contributed by atoms with van der Waals surface area (Å²) in [5.41, 5.74) is 1.80. The van der Waals surface area contributed by atoms with Gasteiger partial charge in [-0.15, -0.1) is 6.42 Å². The first-order chi connectivity index (χ1) is 19.7. The molecular weight excluding hydrogens is 604 g/mol. The fraction of sp³-hybridized carbons (Fsp3) is 0.219. The fourth-order valence-electron chi connectivity index (χ4n) is 4.87. The Morgan fingerprint density at radius 2 is 1.95 bits per heavy atom. The van der Waals surface area contributed by atoms with Gasteiger partial charge in [-0.1, -0.05) is 63.5 Å². The van der Waals surface area contributed by atoms with Gasteiger partial charge in [0.05, 0.1) is 29.0 Å². The van der Waals surface area contributed by atoms with Gasteiger partial charge in [-0.05, 0) is 61.9 Å². The number of methoxy groups -OCH3 is 1. The van der Waals surface area contributed by atoms with Crippen LogP contribution in [0.3, 0.4) is 0 Å². The van der Waals surface area contributed by atoms with Gasteiger partial charge in [0.15, 0.2) is 4.80 Å². The molecule has 5 rings (SSSR count). The standard InChI is InChI=1S/C32H27BrN2O5S/c1-6-15-39-26-13-11-20-9-7-8-10-22(20)23(26)17-27-30(36)35-29(24-16-21(33)12-14-25(24)38-5)28(31(37)40-18(2)3)19(4)34-32(35)41-27/h1,7-14,16-18,29H,15H2,2-5H3/b27-17-/t29-/m1/s1. The van der Waals surface area contributed by atoms with Gasteiger partial charge in [0.1, 0.15) is 24.1 Å². The second-order valence-corrected chi connectivity index (χ2v) is 11.5. The van der Waals surface area contributed by atoms with Crippen LogP contribution < -0.4 is 24.4 Å². The van der Waals surface area contributed by atoms with E-state index in [-0.39, 0.29) is 23.8 Å². The molecule has 0 N–H and O–H groups in total. The van der Waals surface area contributed by atoms with Crippen LogP contribution >= 0.6 is 27.3 Å². The summed E-state index contributed by atoms with van der Waals surface area (Å²) < 4.78 is 19.9. The van der Waals surface area contributed by atoms with Gasteiger partial charge < -0.3 is 14.2 Å². The quantitative estimate of drug-likeness (QED) is 0.209. The molecule has 0 radical (unpaired) electrons. The van der Waals surface area contributed by atoms with Gasteiger partial charge in [0.2, 0.25) is 0 Å². The Balaban J connectivity index is 1.80. The number of thiazole rings is 1. The molecule has 0 aliphatic carbocycles. The van der Waals surface area contributed by atoms with Gasteiger partial charge in [0.25, 0.3) is 5.56 Å². The van der Waals surface area contributed by atoms with E-state index >= 15 is 0 Å². The lowest BCUT2D eigenvalue weighted by molar-refractivity contribution is -0.143. The Bertz CT molecular complexity index is 1930. The molecule has 1 aliphatic heterocycles. The van der Waals surface area contributed by atoms with Gasteiger partial charge in [-0.2, -0.15) is 0 Å². The molecule has 2 heterocycles. The molecule has 4 aromatic rings. The highest BCUT2D eigenvalue weighted by atomic mass is 79.9. The lowest BCUT2D eigenvalue weighted by atomic mass is 9.95. The molecule has 0 saturated carbocycles. The molecule has 1 aliphatic rings. The highest BCUT2D eigenvalue weighted by molar-refractivity contribution is 9.10. The first-order valence-electron chi connectivity index (χ1n) is 12.9. The number of esters is 1. The SMILES string of the molecule is C#CCOc1ccc2ccccc2c1/C=c1\sc2n(c1=O)[C@H](c1cc(Br)ccc1OC)C(C(=O)OC(C)C)=C(C)N=2. The third-order valence-electron chi connectivity index (χ3n) is 6.59. The molecule has 0 bridgehead atoms. The molecule has 3 aromatic carbocycles. The van der Waals surface area contributed by atoms with E-state index in [2.05, 4.69) is 21.9 Å². The van der Waals surface area contributed by atoms with Crippen LogP contribution in [-0.4, -0.2) is 30.4 Å². The number of ether oxygens (including phenoxy) is 3. The number of hydrogen-bond donors (Lipinski definition) is 0. The summed E-state index contributed by atoms with van der Waals surface area (Å²) in [6.45, 7) is 5.40. The van der Waals surface area contributed by atoms with E-state index in [0.29, 0.717) is 32.1 Å². The van der Waals surface area contributed by atoms with Gasteiger partial charge >= 0.3 is 5.97 Å². The third-order valence-corrected chi connectivity index (χ3v) is 8.06. The molecule has 1 atom stereocenters. The lowest BCUT2D eigenvalue weighted by Crippen LogP contribution is -2.40. The number of aromatic nitrogens is 1. The highest BCUT2D eigenvalue weighted by Gasteiger charge is 2.35. The molecule has 9 heteroatoms. The number of terminal acetylenes is 1. The summed E-state index contributed by atoms with van der Waals surface area (Å²) in [5, 5.41) is 1.90. The van der Waals surface area contributed by atoms with E-state index in [1.807, 2.05) is 48.5 Å². The Labute approximate surface area is 249 Å². The Morgan fingerprint density at radius 3 is 2.68 bits per heavy atom. The van der Waals surface area contributed by atoms with E-state index in [4.69, 9.17) is 25.6 Å². The van der Waals surface area contributed by atoms with Crippen LogP contribution in [0.25, 0.3) is 16.8 Å². The molecule has 7 nitrogen and oxygen atoms in total. The van der Waals surface area contributed by atoms with Crippen molar-refractivity contribution in [3.8, 4) is 23.8 Å². The topological polar surface area (TPSA) is 79.1 Å². The van der Waals surface area contributed by atoms with Crippen molar-refractivity contribution in [1.82, 2.24) is 4.57 Å². The molecule has 0 fully saturated rings. The van der Waals surface area contributed by atoms with Crippen molar-refractivity contribution in [2.75, 3.05) is 13.7 Å². The Hall–Kier alpha value is -4.13. The van der Waals surface area contributed by atoms with Gasteiger partial charge in [-0.3, -0.25) is 9.36 Å². The minimum Gasteiger partial charge on any atom is -0.496 e. The van der Waals surface area contributed by atoms with Crippen LogP contribution in [0.1, 0.15) is 37.9 Å². The van der Waals surface area contributed by atoms with Crippen LogP contribution in [0.4, 0.5) is 0 Å². The smallest absolute Gasteiger partial charge is 0.338 e. The third kappa shape index (κ3) is 5.45. The Kier molecular flexibility index (Phi) is 8.15. The van der Waals surface area contributed by atoms with E-state index < -0.39 is 12.0 Å². The number of carbonyl (C=O) groups is 1. The van der Waals surface area contributed by atoms with E-state index in [9.17, 15) is 9.59 Å². The number of hydrogen-bond acceptors (Lipinski definition) is 7. The first-order valence-corrected chi connectivity index (χ1v) is 14.5. The summed E-state index contributed by atoms with van der Waals surface area (Å²) >= 11 is 4.77. The maximum absolute atomic E-state index is 14.2. The number of rotatable bonds is 7. The predicted octanol–water partition coefficient (Wildman–Crippen LogP) is 5.12. The van der Waals surface area contributed by atoms with Crippen molar-refractivity contribution >= 4 is 50.1 Å². The first kappa shape index (κ1) is 28.4.